The van der Waals surface area contributed by atoms with E-state index in [9.17, 15) is 5.11 Å². The molecule has 1 aromatic rings. The summed E-state index contributed by atoms with van der Waals surface area (Å²) in [7, 11) is 0. The van der Waals surface area contributed by atoms with Crippen LogP contribution < -0.4 is 0 Å². The number of phenols is 2. The van der Waals surface area contributed by atoms with Gasteiger partial charge >= 0.3 is 0 Å². The molecule has 0 atom stereocenters. The number of benzene rings is 1. The molecule has 0 fully saturated rings. The molecule has 0 amide bonds. The SMILES string of the molecule is C#CC(C)(C)c1ccc(O)c(O)c1. The fraction of sp³-hybridized carbons (Fsp3) is 0.273. The van der Waals surface area contributed by atoms with Gasteiger partial charge in [-0.2, -0.15) is 0 Å². The van der Waals surface area contributed by atoms with Crippen LogP contribution in [0.5, 0.6) is 11.5 Å². The van der Waals surface area contributed by atoms with E-state index in [0.717, 1.165) is 5.56 Å². The molecule has 0 aliphatic rings. The number of hydrogen-bond donors (Lipinski definition) is 2. The molecule has 0 aliphatic carbocycles. The Hall–Kier alpha value is -1.62. The zero-order chi connectivity index (χ0) is 10.1. The van der Waals surface area contributed by atoms with Gasteiger partial charge in [-0.3, -0.25) is 0 Å². The molecule has 2 heteroatoms. The average Bonchev–Trinajstić information content (AvgIpc) is 2.09. The maximum Gasteiger partial charge on any atom is 0.157 e. The van der Waals surface area contributed by atoms with Crippen molar-refractivity contribution in [1.82, 2.24) is 0 Å². The Labute approximate surface area is 77.8 Å². The van der Waals surface area contributed by atoms with Gasteiger partial charge in [0, 0.05) is 0 Å². The number of terminal acetylenes is 1. The van der Waals surface area contributed by atoms with Crippen LogP contribution in [0.4, 0.5) is 0 Å². The topological polar surface area (TPSA) is 40.5 Å². The molecule has 2 nitrogen and oxygen atoms in total. The molecular weight excluding hydrogens is 164 g/mol. The van der Waals surface area contributed by atoms with Gasteiger partial charge in [0.15, 0.2) is 11.5 Å². The van der Waals surface area contributed by atoms with Gasteiger partial charge in [-0.05, 0) is 31.5 Å². The minimum absolute atomic E-state index is 0.128. The van der Waals surface area contributed by atoms with E-state index in [1.165, 1.54) is 12.1 Å². The van der Waals surface area contributed by atoms with Crippen molar-refractivity contribution < 1.29 is 10.2 Å². The van der Waals surface area contributed by atoms with Gasteiger partial charge in [0.25, 0.3) is 0 Å². The predicted octanol–water partition coefficient (Wildman–Crippen LogP) is 2.01. The molecule has 0 saturated carbocycles. The van der Waals surface area contributed by atoms with E-state index >= 15 is 0 Å². The zero-order valence-corrected chi connectivity index (χ0v) is 7.70. The molecule has 0 aliphatic heterocycles. The molecule has 0 saturated heterocycles. The third-order valence-corrected chi connectivity index (χ3v) is 2.06. The molecule has 13 heavy (non-hydrogen) atoms. The highest BCUT2D eigenvalue weighted by Gasteiger charge is 2.18. The van der Waals surface area contributed by atoms with Gasteiger partial charge in [0.05, 0.1) is 5.41 Å². The summed E-state index contributed by atoms with van der Waals surface area (Å²) in [6, 6.07) is 4.62. The van der Waals surface area contributed by atoms with Gasteiger partial charge < -0.3 is 10.2 Å². The van der Waals surface area contributed by atoms with Crippen molar-refractivity contribution in [2.24, 2.45) is 0 Å². The number of rotatable bonds is 1. The Morgan fingerprint density at radius 3 is 2.31 bits per heavy atom. The maximum atomic E-state index is 9.24. The van der Waals surface area contributed by atoms with Crippen LogP contribution in [0, 0.1) is 12.3 Å². The lowest BCUT2D eigenvalue weighted by molar-refractivity contribution is 0.402. The smallest absolute Gasteiger partial charge is 0.157 e. The molecule has 0 heterocycles. The molecule has 0 radical (unpaired) electrons. The summed E-state index contributed by atoms with van der Waals surface area (Å²) in [5.74, 6) is 2.35. The van der Waals surface area contributed by atoms with E-state index in [-0.39, 0.29) is 11.5 Å². The van der Waals surface area contributed by atoms with E-state index in [0.29, 0.717) is 0 Å². The number of aromatic hydroxyl groups is 2. The van der Waals surface area contributed by atoms with Crippen molar-refractivity contribution in [1.29, 1.82) is 0 Å². The highest BCUT2D eigenvalue weighted by Crippen LogP contribution is 2.30. The molecule has 2 N–H and O–H groups in total. The number of phenolic OH excluding ortho intramolecular Hbond substituents is 2. The second-order valence-corrected chi connectivity index (χ2v) is 3.47. The Morgan fingerprint density at radius 1 is 1.23 bits per heavy atom. The third kappa shape index (κ3) is 1.75. The maximum absolute atomic E-state index is 9.24. The van der Waals surface area contributed by atoms with Gasteiger partial charge in [0.2, 0.25) is 0 Å². The highest BCUT2D eigenvalue weighted by atomic mass is 16.3. The lowest BCUT2D eigenvalue weighted by atomic mass is 9.85. The summed E-state index contributed by atoms with van der Waals surface area (Å²) in [6.07, 6.45) is 5.33. The molecule has 0 spiro atoms. The monoisotopic (exact) mass is 176 g/mol. The average molecular weight is 176 g/mol. The van der Waals surface area contributed by atoms with Gasteiger partial charge in [-0.25, -0.2) is 0 Å². The summed E-state index contributed by atoms with van der Waals surface area (Å²) in [5, 5.41) is 18.3. The normalized spacial score (nSPS) is 10.8. The third-order valence-electron chi connectivity index (χ3n) is 2.06. The van der Waals surface area contributed by atoms with E-state index in [4.69, 9.17) is 11.5 Å². The van der Waals surface area contributed by atoms with Crippen molar-refractivity contribution in [3.05, 3.63) is 23.8 Å². The van der Waals surface area contributed by atoms with E-state index in [1.807, 2.05) is 13.8 Å². The summed E-state index contributed by atoms with van der Waals surface area (Å²) in [4.78, 5) is 0. The molecule has 68 valence electrons. The summed E-state index contributed by atoms with van der Waals surface area (Å²) < 4.78 is 0. The van der Waals surface area contributed by atoms with Crippen molar-refractivity contribution in [3.8, 4) is 23.8 Å². The Morgan fingerprint density at radius 2 is 1.85 bits per heavy atom. The highest BCUT2D eigenvalue weighted by molar-refractivity contribution is 5.45. The lowest BCUT2D eigenvalue weighted by Crippen LogP contribution is -2.13. The minimum atomic E-state index is -0.425. The van der Waals surface area contributed by atoms with Crippen LogP contribution in [0.2, 0.25) is 0 Å². The van der Waals surface area contributed by atoms with Crippen LogP contribution in [-0.2, 0) is 5.41 Å². The van der Waals surface area contributed by atoms with Crippen molar-refractivity contribution >= 4 is 0 Å². The minimum Gasteiger partial charge on any atom is -0.504 e. The molecule has 0 unspecified atom stereocenters. The first kappa shape index (κ1) is 9.47. The van der Waals surface area contributed by atoms with Crippen LogP contribution in [0.15, 0.2) is 18.2 Å². The van der Waals surface area contributed by atoms with Crippen molar-refractivity contribution in [2.75, 3.05) is 0 Å². The second kappa shape index (κ2) is 3.02. The second-order valence-electron chi connectivity index (χ2n) is 3.47. The van der Waals surface area contributed by atoms with E-state index in [2.05, 4.69) is 5.92 Å². The molecule has 0 bridgehead atoms. The zero-order valence-electron chi connectivity index (χ0n) is 7.70. The Bertz CT molecular complexity index is 359. The number of hydrogen-bond acceptors (Lipinski definition) is 2. The standard InChI is InChI=1S/C11H12O2/c1-4-11(2,3)8-5-6-9(12)10(13)7-8/h1,5-7,12-13H,2-3H3. The van der Waals surface area contributed by atoms with Gasteiger partial charge in [0.1, 0.15) is 0 Å². The Balaban J connectivity index is 3.20. The fourth-order valence-electron chi connectivity index (χ4n) is 0.996. The first-order chi connectivity index (χ1) is 5.97. The molecular formula is C11H12O2. The van der Waals surface area contributed by atoms with Crippen LogP contribution in [0.25, 0.3) is 0 Å². The van der Waals surface area contributed by atoms with Crippen LogP contribution in [0.3, 0.4) is 0 Å². The van der Waals surface area contributed by atoms with E-state index < -0.39 is 5.41 Å². The lowest BCUT2D eigenvalue weighted by Gasteiger charge is -2.18. The summed E-state index contributed by atoms with van der Waals surface area (Å²) in [6.45, 7) is 3.75. The van der Waals surface area contributed by atoms with Gasteiger partial charge in [-0.15, -0.1) is 6.42 Å². The summed E-state index contributed by atoms with van der Waals surface area (Å²) in [5.41, 5.74) is 0.385. The first-order valence-corrected chi connectivity index (χ1v) is 3.97. The predicted molar refractivity (Wildman–Crippen MR) is 51.6 cm³/mol. The van der Waals surface area contributed by atoms with Crippen molar-refractivity contribution in [3.63, 3.8) is 0 Å². The first-order valence-electron chi connectivity index (χ1n) is 3.97. The molecule has 1 aromatic carbocycles. The van der Waals surface area contributed by atoms with Crippen LogP contribution in [0.1, 0.15) is 19.4 Å². The fourth-order valence-corrected chi connectivity index (χ4v) is 0.996. The van der Waals surface area contributed by atoms with Crippen molar-refractivity contribution in [2.45, 2.75) is 19.3 Å². The van der Waals surface area contributed by atoms with Gasteiger partial charge in [-0.1, -0.05) is 12.0 Å². The Kier molecular flexibility index (Phi) is 2.20. The largest absolute Gasteiger partial charge is 0.504 e. The molecule has 0 aromatic heterocycles. The quantitative estimate of drug-likeness (QED) is 0.507. The molecule has 1 rings (SSSR count). The van der Waals surface area contributed by atoms with Crippen LogP contribution >= 0.6 is 0 Å². The summed E-state index contributed by atoms with van der Waals surface area (Å²) >= 11 is 0. The van der Waals surface area contributed by atoms with Crippen LogP contribution in [-0.4, -0.2) is 10.2 Å². The van der Waals surface area contributed by atoms with E-state index in [1.54, 1.807) is 6.07 Å².